The Morgan fingerprint density at radius 1 is 0.840 bits per heavy atom. The predicted octanol–water partition coefficient (Wildman–Crippen LogP) is 3.50. The monoisotopic (exact) mass is 337 g/mol. The SMILES string of the molecule is CN(C)CCC(c1ccccc1)N1CCN(Cc2ccccc2)CC1. The van der Waals surface area contributed by atoms with Crippen molar-refractivity contribution in [3.8, 4) is 0 Å². The van der Waals surface area contributed by atoms with Crippen molar-refractivity contribution >= 4 is 0 Å². The third kappa shape index (κ3) is 5.40. The van der Waals surface area contributed by atoms with Crippen LogP contribution in [0.15, 0.2) is 60.7 Å². The average molecular weight is 338 g/mol. The van der Waals surface area contributed by atoms with Crippen molar-refractivity contribution in [1.82, 2.24) is 14.7 Å². The maximum Gasteiger partial charge on any atom is 0.0361 e. The molecule has 0 spiro atoms. The molecule has 0 N–H and O–H groups in total. The van der Waals surface area contributed by atoms with Gasteiger partial charge in [-0.2, -0.15) is 0 Å². The minimum Gasteiger partial charge on any atom is -0.309 e. The van der Waals surface area contributed by atoms with Gasteiger partial charge in [0.25, 0.3) is 0 Å². The van der Waals surface area contributed by atoms with Gasteiger partial charge in [0.2, 0.25) is 0 Å². The molecule has 3 rings (SSSR count). The summed E-state index contributed by atoms with van der Waals surface area (Å²) >= 11 is 0. The van der Waals surface area contributed by atoms with Crippen LogP contribution in [0.4, 0.5) is 0 Å². The first kappa shape index (κ1) is 18.1. The van der Waals surface area contributed by atoms with Gasteiger partial charge >= 0.3 is 0 Å². The van der Waals surface area contributed by atoms with Crippen molar-refractivity contribution in [2.45, 2.75) is 19.0 Å². The Labute approximate surface area is 152 Å². The lowest BCUT2D eigenvalue weighted by atomic mass is 10.0. The molecule has 0 radical (unpaired) electrons. The Bertz CT molecular complexity index is 604. The summed E-state index contributed by atoms with van der Waals surface area (Å²) in [6.45, 7) is 6.81. The number of hydrogen-bond acceptors (Lipinski definition) is 3. The fourth-order valence-electron chi connectivity index (χ4n) is 3.69. The lowest BCUT2D eigenvalue weighted by molar-refractivity contribution is 0.0844. The van der Waals surface area contributed by atoms with Crippen molar-refractivity contribution in [2.75, 3.05) is 46.8 Å². The average Bonchev–Trinajstić information content (AvgIpc) is 2.65. The van der Waals surface area contributed by atoms with E-state index in [0.717, 1.165) is 39.3 Å². The van der Waals surface area contributed by atoms with Gasteiger partial charge in [0.15, 0.2) is 0 Å². The molecule has 0 amide bonds. The summed E-state index contributed by atoms with van der Waals surface area (Å²) in [6, 6.07) is 22.4. The van der Waals surface area contributed by atoms with Crippen LogP contribution < -0.4 is 0 Å². The van der Waals surface area contributed by atoms with E-state index in [0.29, 0.717) is 6.04 Å². The molecule has 1 saturated heterocycles. The number of benzene rings is 2. The maximum atomic E-state index is 2.68. The van der Waals surface area contributed by atoms with Crippen LogP contribution in [0.25, 0.3) is 0 Å². The minimum absolute atomic E-state index is 0.530. The third-order valence-corrected chi connectivity index (χ3v) is 5.13. The molecule has 1 aliphatic heterocycles. The van der Waals surface area contributed by atoms with Crippen LogP contribution >= 0.6 is 0 Å². The number of piperazine rings is 1. The molecule has 1 heterocycles. The predicted molar refractivity (Wildman–Crippen MR) is 106 cm³/mol. The van der Waals surface area contributed by atoms with Crippen molar-refractivity contribution < 1.29 is 0 Å². The summed E-state index contributed by atoms with van der Waals surface area (Å²) in [5, 5.41) is 0. The van der Waals surface area contributed by atoms with Gasteiger partial charge in [0.05, 0.1) is 0 Å². The van der Waals surface area contributed by atoms with Crippen LogP contribution in [-0.4, -0.2) is 61.5 Å². The van der Waals surface area contributed by atoms with Crippen molar-refractivity contribution in [1.29, 1.82) is 0 Å². The number of hydrogen-bond donors (Lipinski definition) is 0. The van der Waals surface area contributed by atoms with Gasteiger partial charge in [0, 0.05) is 38.8 Å². The molecule has 1 aliphatic rings. The van der Waals surface area contributed by atoms with E-state index in [1.54, 1.807) is 0 Å². The molecule has 134 valence electrons. The Morgan fingerprint density at radius 2 is 1.44 bits per heavy atom. The fourth-order valence-corrected chi connectivity index (χ4v) is 3.69. The summed E-state index contributed by atoms with van der Waals surface area (Å²) < 4.78 is 0. The minimum atomic E-state index is 0.530. The Balaban J connectivity index is 1.59. The first-order valence-corrected chi connectivity index (χ1v) is 9.42. The van der Waals surface area contributed by atoms with Crippen LogP contribution in [-0.2, 0) is 6.54 Å². The first-order chi connectivity index (χ1) is 12.2. The molecule has 0 aromatic heterocycles. The van der Waals surface area contributed by atoms with E-state index in [1.165, 1.54) is 17.5 Å². The van der Waals surface area contributed by atoms with Crippen LogP contribution in [0.5, 0.6) is 0 Å². The molecule has 1 unspecified atom stereocenters. The van der Waals surface area contributed by atoms with Crippen molar-refractivity contribution in [3.05, 3.63) is 71.8 Å². The molecule has 2 aromatic rings. The summed E-state index contributed by atoms with van der Waals surface area (Å²) in [5.74, 6) is 0. The summed E-state index contributed by atoms with van der Waals surface area (Å²) in [4.78, 5) is 7.56. The fraction of sp³-hybridized carbons (Fsp3) is 0.455. The molecule has 1 fully saturated rings. The second-order valence-electron chi connectivity index (χ2n) is 7.32. The topological polar surface area (TPSA) is 9.72 Å². The third-order valence-electron chi connectivity index (χ3n) is 5.13. The maximum absolute atomic E-state index is 2.68. The zero-order valence-electron chi connectivity index (χ0n) is 15.6. The molecule has 2 aromatic carbocycles. The highest BCUT2D eigenvalue weighted by Crippen LogP contribution is 2.26. The van der Waals surface area contributed by atoms with Crippen molar-refractivity contribution in [3.63, 3.8) is 0 Å². The normalized spacial score (nSPS) is 17.7. The molecule has 1 atom stereocenters. The quantitative estimate of drug-likeness (QED) is 0.766. The van der Waals surface area contributed by atoms with Crippen molar-refractivity contribution in [2.24, 2.45) is 0 Å². The second-order valence-corrected chi connectivity index (χ2v) is 7.32. The molecule has 0 saturated carbocycles. The Morgan fingerprint density at radius 3 is 2.04 bits per heavy atom. The van der Waals surface area contributed by atoms with E-state index in [1.807, 2.05) is 0 Å². The van der Waals surface area contributed by atoms with Gasteiger partial charge in [-0.05, 0) is 38.2 Å². The van der Waals surface area contributed by atoms with Crippen LogP contribution in [0.3, 0.4) is 0 Å². The van der Waals surface area contributed by atoms with E-state index < -0.39 is 0 Å². The highest BCUT2D eigenvalue weighted by atomic mass is 15.3. The van der Waals surface area contributed by atoms with E-state index in [-0.39, 0.29) is 0 Å². The molecule has 0 aliphatic carbocycles. The van der Waals surface area contributed by atoms with Crippen LogP contribution in [0.1, 0.15) is 23.6 Å². The summed E-state index contributed by atoms with van der Waals surface area (Å²) in [6.07, 6.45) is 1.19. The highest BCUT2D eigenvalue weighted by molar-refractivity contribution is 5.19. The zero-order valence-corrected chi connectivity index (χ0v) is 15.6. The largest absolute Gasteiger partial charge is 0.309 e. The van der Waals surface area contributed by atoms with Gasteiger partial charge in [-0.1, -0.05) is 60.7 Å². The van der Waals surface area contributed by atoms with Crippen LogP contribution in [0, 0.1) is 0 Å². The summed E-state index contributed by atoms with van der Waals surface area (Å²) in [5.41, 5.74) is 2.88. The van der Waals surface area contributed by atoms with E-state index in [2.05, 4.69) is 89.5 Å². The molecule has 3 heteroatoms. The molecule has 25 heavy (non-hydrogen) atoms. The zero-order chi connectivity index (χ0) is 17.5. The molecule has 3 nitrogen and oxygen atoms in total. The van der Waals surface area contributed by atoms with Gasteiger partial charge in [-0.3, -0.25) is 9.80 Å². The second kappa shape index (κ2) is 9.14. The van der Waals surface area contributed by atoms with E-state index in [9.17, 15) is 0 Å². The van der Waals surface area contributed by atoms with Gasteiger partial charge < -0.3 is 4.90 Å². The lowest BCUT2D eigenvalue weighted by Gasteiger charge is -2.40. The highest BCUT2D eigenvalue weighted by Gasteiger charge is 2.24. The number of nitrogens with zero attached hydrogens (tertiary/aromatic N) is 3. The molecular weight excluding hydrogens is 306 g/mol. The van der Waals surface area contributed by atoms with Crippen LogP contribution in [0.2, 0.25) is 0 Å². The molecule has 0 bridgehead atoms. The van der Waals surface area contributed by atoms with Gasteiger partial charge in [-0.25, -0.2) is 0 Å². The first-order valence-electron chi connectivity index (χ1n) is 9.42. The van der Waals surface area contributed by atoms with E-state index in [4.69, 9.17) is 0 Å². The van der Waals surface area contributed by atoms with Gasteiger partial charge in [0.1, 0.15) is 0 Å². The molecular formula is C22H31N3. The lowest BCUT2D eigenvalue weighted by Crippen LogP contribution is -2.47. The van der Waals surface area contributed by atoms with Gasteiger partial charge in [-0.15, -0.1) is 0 Å². The smallest absolute Gasteiger partial charge is 0.0361 e. The standard InChI is InChI=1S/C22H31N3/c1-23(2)14-13-22(21-11-7-4-8-12-21)25-17-15-24(16-18-25)19-20-9-5-3-6-10-20/h3-12,22H,13-19H2,1-2H3. The Kier molecular flexibility index (Phi) is 6.62. The summed E-state index contributed by atoms with van der Waals surface area (Å²) in [7, 11) is 4.33. The number of rotatable bonds is 7. The Hall–Kier alpha value is -1.68. The van der Waals surface area contributed by atoms with E-state index >= 15 is 0 Å².